The molecule has 0 spiro atoms. The van der Waals surface area contributed by atoms with Crippen molar-refractivity contribution >= 4 is 11.8 Å². The molecule has 1 aliphatic heterocycles. The number of aryl methyl sites for hydroxylation is 2. The number of amides is 2. The van der Waals surface area contributed by atoms with Crippen LogP contribution in [0.3, 0.4) is 0 Å². The van der Waals surface area contributed by atoms with E-state index in [2.05, 4.69) is 0 Å². The largest absolute Gasteiger partial charge is 0.356 e. The van der Waals surface area contributed by atoms with Crippen LogP contribution in [0.25, 0.3) is 0 Å². The molecule has 0 unspecified atom stereocenters. The molecule has 1 aromatic carbocycles. The van der Waals surface area contributed by atoms with Gasteiger partial charge in [-0.3, -0.25) is 9.59 Å². The van der Waals surface area contributed by atoms with Gasteiger partial charge in [0.25, 0.3) is 5.91 Å². The lowest BCUT2D eigenvalue weighted by Crippen LogP contribution is -2.50. The highest BCUT2D eigenvalue weighted by Crippen LogP contribution is 2.13. The molecule has 0 saturated carbocycles. The minimum Gasteiger partial charge on any atom is -0.356 e. The van der Waals surface area contributed by atoms with Crippen LogP contribution in [0.1, 0.15) is 22.3 Å². The number of halogens is 1. The molecule has 1 saturated heterocycles. The summed E-state index contributed by atoms with van der Waals surface area (Å²) in [5, 5.41) is 0. The molecule has 1 fully saturated rings. The Labute approximate surface area is 146 Å². The van der Waals surface area contributed by atoms with E-state index in [-0.39, 0.29) is 24.1 Å². The Kier molecular flexibility index (Phi) is 5.16. The van der Waals surface area contributed by atoms with Gasteiger partial charge in [-0.2, -0.15) is 0 Å². The van der Waals surface area contributed by atoms with E-state index in [1.807, 2.05) is 17.8 Å². The summed E-state index contributed by atoms with van der Waals surface area (Å²) in [7, 11) is 1.88. The van der Waals surface area contributed by atoms with Gasteiger partial charge >= 0.3 is 0 Å². The van der Waals surface area contributed by atoms with Gasteiger partial charge in [-0.15, -0.1) is 0 Å². The van der Waals surface area contributed by atoms with E-state index in [0.717, 1.165) is 0 Å². The number of carbonyl (C=O) groups excluding carboxylic acids is 2. The van der Waals surface area contributed by atoms with Crippen LogP contribution in [0.4, 0.5) is 4.39 Å². The third-order valence-corrected chi connectivity index (χ3v) is 4.56. The second-order valence-corrected chi connectivity index (χ2v) is 6.33. The van der Waals surface area contributed by atoms with Crippen LogP contribution < -0.4 is 0 Å². The van der Waals surface area contributed by atoms with Gasteiger partial charge in [-0.1, -0.05) is 18.2 Å². The first-order valence-electron chi connectivity index (χ1n) is 8.47. The van der Waals surface area contributed by atoms with Crippen molar-refractivity contribution in [2.45, 2.75) is 12.8 Å². The molecular weight excluding hydrogens is 321 g/mol. The standard InChI is InChI=1S/C19H22FN3O2/c1-21-9-8-16(14-21)19(25)23-12-10-22(11-13-23)18(24)7-6-15-4-2-3-5-17(15)20/h2-5,8-9,14H,6-7,10-13H2,1H3. The van der Waals surface area contributed by atoms with Crippen LogP contribution in [-0.4, -0.2) is 52.4 Å². The first-order valence-corrected chi connectivity index (χ1v) is 8.47. The first-order chi connectivity index (χ1) is 12.0. The van der Waals surface area contributed by atoms with E-state index in [9.17, 15) is 14.0 Å². The van der Waals surface area contributed by atoms with E-state index in [1.165, 1.54) is 6.07 Å². The number of hydrogen-bond acceptors (Lipinski definition) is 2. The normalized spacial score (nSPS) is 14.6. The number of aromatic nitrogens is 1. The smallest absolute Gasteiger partial charge is 0.255 e. The summed E-state index contributed by atoms with van der Waals surface area (Å²) in [6.45, 7) is 2.10. The minimum absolute atomic E-state index is 0.000874. The van der Waals surface area contributed by atoms with Crippen molar-refractivity contribution in [3.05, 3.63) is 59.7 Å². The number of benzene rings is 1. The topological polar surface area (TPSA) is 45.6 Å². The molecular formula is C19H22FN3O2. The van der Waals surface area contributed by atoms with Crippen LogP contribution in [0, 0.1) is 5.82 Å². The van der Waals surface area contributed by atoms with Crippen molar-refractivity contribution in [2.75, 3.05) is 26.2 Å². The second-order valence-electron chi connectivity index (χ2n) is 6.33. The van der Waals surface area contributed by atoms with E-state index in [4.69, 9.17) is 0 Å². The summed E-state index contributed by atoms with van der Waals surface area (Å²) in [6.07, 6.45) is 4.33. The molecule has 3 rings (SSSR count). The molecule has 0 aliphatic carbocycles. The Morgan fingerprint density at radius 1 is 1.04 bits per heavy atom. The number of carbonyl (C=O) groups is 2. The van der Waals surface area contributed by atoms with Crippen molar-refractivity contribution in [3.8, 4) is 0 Å². The maximum Gasteiger partial charge on any atom is 0.255 e. The molecule has 25 heavy (non-hydrogen) atoms. The highest BCUT2D eigenvalue weighted by molar-refractivity contribution is 5.94. The van der Waals surface area contributed by atoms with Gasteiger partial charge in [0.15, 0.2) is 0 Å². The predicted octanol–water partition coefficient (Wildman–Crippen LogP) is 2.08. The summed E-state index contributed by atoms with van der Waals surface area (Å²) in [4.78, 5) is 28.3. The molecule has 1 aliphatic rings. The Hall–Kier alpha value is -2.63. The summed E-state index contributed by atoms with van der Waals surface area (Å²) >= 11 is 0. The van der Waals surface area contributed by atoms with Crippen LogP contribution in [0.5, 0.6) is 0 Å². The van der Waals surface area contributed by atoms with Crippen LogP contribution in [0.2, 0.25) is 0 Å². The first kappa shape index (κ1) is 17.2. The van der Waals surface area contributed by atoms with Gasteiger partial charge in [0.05, 0.1) is 5.56 Å². The van der Waals surface area contributed by atoms with Gasteiger partial charge in [0.2, 0.25) is 5.91 Å². The van der Waals surface area contributed by atoms with Crippen molar-refractivity contribution in [1.29, 1.82) is 0 Å². The van der Waals surface area contributed by atoms with Gasteiger partial charge in [0.1, 0.15) is 5.82 Å². The summed E-state index contributed by atoms with van der Waals surface area (Å²) < 4.78 is 15.5. The number of rotatable bonds is 4. The summed E-state index contributed by atoms with van der Waals surface area (Å²) in [5.41, 5.74) is 1.23. The van der Waals surface area contributed by atoms with Crippen LogP contribution >= 0.6 is 0 Å². The van der Waals surface area contributed by atoms with Gasteiger partial charge < -0.3 is 14.4 Å². The minimum atomic E-state index is -0.270. The molecule has 2 amide bonds. The SMILES string of the molecule is Cn1ccc(C(=O)N2CCN(C(=O)CCc3ccccc3F)CC2)c1. The maximum absolute atomic E-state index is 13.6. The van der Waals surface area contributed by atoms with E-state index in [1.54, 1.807) is 40.3 Å². The average molecular weight is 343 g/mol. The Morgan fingerprint density at radius 2 is 1.72 bits per heavy atom. The fourth-order valence-corrected chi connectivity index (χ4v) is 3.07. The van der Waals surface area contributed by atoms with Gasteiger partial charge in [-0.05, 0) is 24.1 Å². The third kappa shape index (κ3) is 4.07. The van der Waals surface area contributed by atoms with E-state index >= 15 is 0 Å². The molecule has 0 bridgehead atoms. The molecule has 0 radical (unpaired) electrons. The maximum atomic E-state index is 13.6. The molecule has 2 heterocycles. The fraction of sp³-hybridized carbons (Fsp3) is 0.368. The Morgan fingerprint density at radius 3 is 2.36 bits per heavy atom. The monoisotopic (exact) mass is 343 g/mol. The Bertz CT molecular complexity index is 764. The average Bonchev–Trinajstić information content (AvgIpc) is 3.07. The molecule has 132 valence electrons. The summed E-state index contributed by atoms with van der Waals surface area (Å²) in [6, 6.07) is 8.33. The Balaban J connectivity index is 1.49. The molecule has 0 N–H and O–H groups in total. The van der Waals surface area contributed by atoms with E-state index in [0.29, 0.717) is 43.7 Å². The quantitative estimate of drug-likeness (QED) is 0.853. The lowest BCUT2D eigenvalue weighted by atomic mass is 10.1. The highest BCUT2D eigenvalue weighted by atomic mass is 19.1. The third-order valence-electron chi connectivity index (χ3n) is 4.56. The van der Waals surface area contributed by atoms with Gasteiger partial charge in [0, 0.05) is 52.0 Å². The van der Waals surface area contributed by atoms with Crippen LogP contribution in [-0.2, 0) is 18.3 Å². The van der Waals surface area contributed by atoms with Crippen molar-refractivity contribution < 1.29 is 14.0 Å². The van der Waals surface area contributed by atoms with Crippen molar-refractivity contribution in [2.24, 2.45) is 7.05 Å². The van der Waals surface area contributed by atoms with Crippen LogP contribution in [0.15, 0.2) is 42.7 Å². The van der Waals surface area contributed by atoms with Crippen molar-refractivity contribution in [1.82, 2.24) is 14.4 Å². The molecule has 0 atom stereocenters. The zero-order valence-corrected chi connectivity index (χ0v) is 14.3. The predicted molar refractivity (Wildman–Crippen MR) is 92.6 cm³/mol. The van der Waals surface area contributed by atoms with Gasteiger partial charge in [-0.25, -0.2) is 4.39 Å². The number of hydrogen-bond donors (Lipinski definition) is 0. The zero-order valence-electron chi connectivity index (χ0n) is 14.3. The molecule has 6 heteroatoms. The zero-order chi connectivity index (χ0) is 17.8. The number of nitrogens with zero attached hydrogens (tertiary/aromatic N) is 3. The number of piperazine rings is 1. The highest BCUT2D eigenvalue weighted by Gasteiger charge is 2.25. The lowest BCUT2D eigenvalue weighted by Gasteiger charge is -2.34. The van der Waals surface area contributed by atoms with E-state index < -0.39 is 0 Å². The molecule has 1 aromatic heterocycles. The van der Waals surface area contributed by atoms with Crippen molar-refractivity contribution in [3.63, 3.8) is 0 Å². The summed E-state index contributed by atoms with van der Waals surface area (Å²) in [5.74, 6) is -0.261. The second kappa shape index (κ2) is 7.51. The molecule has 2 aromatic rings. The fourth-order valence-electron chi connectivity index (χ4n) is 3.07. The molecule has 5 nitrogen and oxygen atoms in total. The lowest BCUT2D eigenvalue weighted by molar-refractivity contribution is -0.132.